The smallest absolute Gasteiger partial charge is 0.137 e. The van der Waals surface area contributed by atoms with Gasteiger partial charge < -0.3 is 4.57 Å². The first-order chi connectivity index (χ1) is 16.4. The molecule has 5 rings (SSSR count). The van der Waals surface area contributed by atoms with Crippen LogP contribution in [0.2, 0.25) is 0 Å². The van der Waals surface area contributed by atoms with Crippen molar-refractivity contribution in [2.24, 2.45) is 0 Å². The predicted molar refractivity (Wildman–Crippen MR) is 117 cm³/mol. The highest BCUT2D eigenvalue weighted by Gasteiger charge is 2.31. The fourth-order valence-corrected chi connectivity index (χ4v) is 4.54. The highest BCUT2D eigenvalue weighted by molar-refractivity contribution is 5.59. The topological polar surface area (TPSA) is 51.8 Å². The van der Waals surface area contributed by atoms with Gasteiger partial charge in [-0.25, -0.2) is 27.5 Å². The Kier molecular flexibility index (Phi) is 5.91. The van der Waals surface area contributed by atoms with Gasteiger partial charge in [-0.1, -0.05) is 6.07 Å². The van der Waals surface area contributed by atoms with Gasteiger partial charge in [0.1, 0.15) is 41.7 Å². The zero-order valence-corrected chi connectivity index (χ0v) is 18.4. The van der Waals surface area contributed by atoms with Gasteiger partial charge in [0.15, 0.2) is 0 Å². The lowest BCUT2D eigenvalue weighted by Gasteiger charge is -2.37. The van der Waals surface area contributed by atoms with E-state index in [0.717, 1.165) is 18.0 Å². The SMILES string of the molecule is CC(C(Cn1cncn1)c1ccc(F)cc1F)N1CCn2cc(-c3ccc(F)cc3F)nc2C1. The summed E-state index contributed by atoms with van der Waals surface area (Å²) in [4.78, 5) is 10.7. The molecule has 0 aliphatic carbocycles. The molecule has 0 N–H and O–H groups in total. The Bertz CT molecular complexity index is 1300. The summed E-state index contributed by atoms with van der Waals surface area (Å²) in [7, 11) is 0. The van der Waals surface area contributed by atoms with E-state index in [9.17, 15) is 17.6 Å². The molecule has 0 amide bonds. The van der Waals surface area contributed by atoms with Crippen molar-refractivity contribution >= 4 is 0 Å². The van der Waals surface area contributed by atoms with Crippen LogP contribution >= 0.6 is 0 Å². The van der Waals surface area contributed by atoms with Crippen molar-refractivity contribution < 1.29 is 17.6 Å². The van der Waals surface area contributed by atoms with Crippen molar-refractivity contribution in [3.8, 4) is 11.3 Å². The second kappa shape index (κ2) is 9.02. The van der Waals surface area contributed by atoms with Gasteiger partial charge in [-0.15, -0.1) is 0 Å². The molecule has 2 aromatic carbocycles. The second-order valence-corrected chi connectivity index (χ2v) is 8.46. The molecule has 10 heteroatoms. The molecule has 0 spiro atoms. The van der Waals surface area contributed by atoms with Crippen molar-refractivity contribution in [3.63, 3.8) is 0 Å². The van der Waals surface area contributed by atoms with Gasteiger partial charge in [-0.3, -0.25) is 9.58 Å². The number of hydrogen-bond donors (Lipinski definition) is 0. The number of imidazole rings is 1. The van der Waals surface area contributed by atoms with E-state index in [0.29, 0.717) is 37.4 Å². The van der Waals surface area contributed by atoms with Crippen LogP contribution in [-0.4, -0.2) is 41.8 Å². The molecule has 0 saturated heterocycles. The van der Waals surface area contributed by atoms with Gasteiger partial charge in [0, 0.05) is 48.9 Å². The molecule has 0 saturated carbocycles. The molecule has 1 aliphatic heterocycles. The van der Waals surface area contributed by atoms with Crippen LogP contribution in [0.25, 0.3) is 11.3 Å². The van der Waals surface area contributed by atoms with Crippen molar-refractivity contribution in [3.05, 3.63) is 89.9 Å². The molecule has 4 aromatic rings. The molecule has 1 aliphatic rings. The zero-order chi connectivity index (χ0) is 23.8. The fourth-order valence-electron chi connectivity index (χ4n) is 4.54. The standard InChI is InChI=1S/C24H22F4N6/c1-15(20(10-34-14-29-13-30-34)18-4-2-16(25)8-21(18)27)32-6-7-33-11-23(31-24(33)12-32)19-5-3-17(26)9-22(19)28/h2-5,8-9,11,13-15,20H,6-7,10,12H2,1H3. The third kappa shape index (κ3) is 4.33. The molecule has 3 heterocycles. The summed E-state index contributed by atoms with van der Waals surface area (Å²) in [6.07, 6.45) is 4.74. The number of halogens is 4. The predicted octanol–water partition coefficient (Wildman–Crippen LogP) is 4.39. The maximum atomic E-state index is 14.8. The molecule has 2 unspecified atom stereocenters. The van der Waals surface area contributed by atoms with E-state index < -0.39 is 23.3 Å². The zero-order valence-electron chi connectivity index (χ0n) is 18.4. The van der Waals surface area contributed by atoms with Crippen LogP contribution in [0, 0.1) is 23.3 Å². The first kappa shape index (κ1) is 22.3. The number of rotatable bonds is 6. The summed E-state index contributed by atoms with van der Waals surface area (Å²) in [6, 6.07) is 6.90. The Labute approximate surface area is 193 Å². The lowest BCUT2D eigenvalue weighted by atomic mass is 9.90. The summed E-state index contributed by atoms with van der Waals surface area (Å²) in [6.45, 7) is 4.08. The first-order valence-corrected chi connectivity index (χ1v) is 10.9. The third-order valence-corrected chi connectivity index (χ3v) is 6.41. The van der Waals surface area contributed by atoms with Gasteiger partial charge in [-0.2, -0.15) is 5.10 Å². The summed E-state index contributed by atoms with van der Waals surface area (Å²) in [5.74, 6) is -2.15. The van der Waals surface area contributed by atoms with Crippen LogP contribution in [0.1, 0.15) is 24.2 Å². The van der Waals surface area contributed by atoms with E-state index in [2.05, 4.69) is 20.0 Å². The van der Waals surface area contributed by atoms with Crippen molar-refractivity contribution in [2.75, 3.05) is 6.54 Å². The molecule has 0 bridgehead atoms. The lowest BCUT2D eigenvalue weighted by molar-refractivity contribution is 0.134. The van der Waals surface area contributed by atoms with Gasteiger partial charge in [0.2, 0.25) is 0 Å². The summed E-state index contributed by atoms with van der Waals surface area (Å²) in [5.41, 5.74) is 1.07. The first-order valence-electron chi connectivity index (χ1n) is 10.9. The average Bonchev–Trinajstić information content (AvgIpc) is 3.46. The monoisotopic (exact) mass is 470 g/mol. The van der Waals surface area contributed by atoms with E-state index in [1.54, 1.807) is 17.2 Å². The van der Waals surface area contributed by atoms with Crippen LogP contribution in [-0.2, 0) is 19.6 Å². The van der Waals surface area contributed by atoms with E-state index in [-0.39, 0.29) is 17.5 Å². The van der Waals surface area contributed by atoms with Gasteiger partial charge in [0.05, 0.1) is 18.8 Å². The lowest BCUT2D eigenvalue weighted by Crippen LogP contribution is -2.43. The number of nitrogens with zero attached hydrogens (tertiary/aromatic N) is 6. The Hall–Kier alpha value is -3.53. The normalized spacial score (nSPS) is 15.8. The summed E-state index contributed by atoms with van der Waals surface area (Å²) >= 11 is 0. The van der Waals surface area contributed by atoms with Crippen LogP contribution in [0.3, 0.4) is 0 Å². The molecule has 6 nitrogen and oxygen atoms in total. The average molecular weight is 470 g/mol. The quantitative estimate of drug-likeness (QED) is 0.393. The minimum Gasteiger partial charge on any atom is -0.332 e. The highest BCUT2D eigenvalue weighted by atomic mass is 19.1. The van der Waals surface area contributed by atoms with Crippen LogP contribution in [0.5, 0.6) is 0 Å². The Morgan fingerprint density at radius 1 is 0.971 bits per heavy atom. The molecule has 34 heavy (non-hydrogen) atoms. The minimum atomic E-state index is -0.666. The van der Waals surface area contributed by atoms with Crippen molar-refractivity contribution in [2.45, 2.75) is 38.5 Å². The third-order valence-electron chi connectivity index (χ3n) is 6.41. The number of hydrogen-bond acceptors (Lipinski definition) is 4. The number of fused-ring (bicyclic) bond motifs is 1. The van der Waals surface area contributed by atoms with Gasteiger partial charge >= 0.3 is 0 Å². The Balaban J connectivity index is 1.42. The second-order valence-electron chi connectivity index (χ2n) is 8.46. The van der Waals surface area contributed by atoms with Crippen molar-refractivity contribution in [1.82, 2.24) is 29.2 Å². The van der Waals surface area contributed by atoms with E-state index in [4.69, 9.17) is 0 Å². The van der Waals surface area contributed by atoms with Crippen molar-refractivity contribution in [1.29, 1.82) is 0 Å². The van der Waals surface area contributed by atoms with Gasteiger partial charge in [0.25, 0.3) is 0 Å². The fraction of sp³-hybridized carbons (Fsp3) is 0.292. The molecule has 176 valence electrons. The Morgan fingerprint density at radius 3 is 2.44 bits per heavy atom. The van der Waals surface area contributed by atoms with Crippen LogP contribution in [0.4, 0.5) is 17.6 Å². The molecular formula is C24H22F4N6. The van der Waals surface area contributed by atoms with E-state index in [1.807, 2.05) is 11.5 Å². The maximum Gasteiger partial charge on any atom is 0.137 e. The molecule has 0 radical (unpaired) electrons. The largest absolute Gasteiger partial charge is 0.332 e. The molecular weight excluding hydrogens is 448 g/mol. The van der Waals surface area contributed by atoms with Crippen LogP contribution in [0.15, 0.2) is 55.2 Å². The number of aromatic nitrogens is 5. The van der Waals surface area contributed by atoms with Gasteiger partial charge in [-0.05, 0) is 30.7 Å². The minimum absolute atomic E-state index is 0.152. The van der Waals surface area contributed by atoms with Crippen LogP contribution < -0.4 is 0 Å². The number of benzene rings is 2. The molecule has 0 fully saturated rings. The molecule has 2 atom stereocenters. The summed E-state index contributed by atoms with van der Waals surface area (Å²) in [5, 5.41) is 4.16. The maximum absolute atomic E-state index is 14.8. The summed E-state index contributed by atoms with van der Waals surface area (Å²) < 4.78 is 59.5. The molecule has 2 aromatic heterocycles. The highest BCUT2D eigenvalue weighted by Crippen LogP contribution is 2.31. The Morgan fingerprint density at radius 2 is 1.74 bits per heavy atom. The van der Waals surface area contributed by atoms with E-state index in [1.165, 1.54) is 30.6 Å². The van der Waals surface area contributed by atoms with E-state index >= 15 is 0 Å².